The number of pyridine rings is 1. The van der Waals surface area contributed by atoms with Crippen molar-refractivity contribution in [1.82, 2.24) is 9.88 Å². The summed E-state index contributed by atoms with van der Waals surface area (Å²) in [4.78, 5) is 32.5. The van der Waals surface area contributed by atoms with Gasteiger partial charge in [0.2, 0.25) is 0 Å². The van der Waals surface area contributed by atoms with E-state index >= 15 is 0 Å². The number of aliphatic hydroxyl groups is 1. The summed E-state index contributed by atoms with van der Waals surface area (Å²) >= 11 is 0. The van der Waals surface area contributed by atoms with E-state index in [0.29, 0.717) is 35.0 Å². The predicted octanol–water partition coefficient (Wildman–Crippen LogP) is 5.61. The topological polar surface area (TPSA) is 98.2 Å². The van der Waals surface area contributed by atoms with E-state index in [2.05, 4.69) is 4.98 Å². The number of benzene rings is 3. The van der Waals surface area contributed by atoms with Crippen molar-refractivity contribution in [1.29, 1.82) is 0 Å². The molecule has 1 N–H and O–H groups in total. The van der Waals surface area contributed by atoms with Crippen molar-refractivity contribution in [2.45, 2.75) is 26.1 Å². The minimum atomic E-state index is -0.871. The molecule has 208 valence electrons. The van der Waals surface area contributed by atoms with Gasteiger partial charge in [0, 0.05) is 24.5 Å². The molecule has 4 aromatic rings. The van der Waals surface area contributed by atoms with E-state index in [1.54, 1.807) is 54.9 Å². The lowest BCUT2D eigenvalue weighted by Crippen LogP contribution is -2.29. The monoisotopic (exact) mass is 550 g/mol. The predicted molar refractivity (Wildman–Crippen MR) is 154 cm³/mol. The van der Waals surface area contributed by atoms with Gasteiger partial charge in [0.15, 0.2) is 11.5 Å². The van der Waals surface area contributed by atoms with Crippen molar-refractivity contribution in [3.63, 3.8) is 0 Å². The third-order valence-electron chi connectivity index (χ3n) is 7.02. The fourth-order valence-electron chi connectivity index (χ4n) is 4.95. The molecule has 1 fully saturated rings. The summed E-state index contributed by atoms with van der Waals surface area (Å²) in [6.45, 7) is 2.38. The van der Waals surface area contributed by atoms with Gasteiger partial charge in [0.05, 0.1) is 25.8 Å². The summed E-state index contributed by atoms with van der Waals surface area (Å²) in [5.74, 6) is -0.161. The highest BCUT2D eigenvalue weighted by Gasteiger charge is 2.46. The summed E-state index contributed by atoms with van der Waals surface area (Å²) < 4.78 is 16.9. The van der Waals surface area contributed by atoms with E-state index in [0.717, 1.165) is 16.7 Å². The third kappa shape index (κ3) is 5.63. The first kappa shape index (κ1) is 27.5. The number of ether oxygens (including phenoxy) is 3. The quantitative estimate of drug-likeness (QED) is 0.164. The average molecular weight is 551 g/mol. The van der Waals surface area contributed by atoms with E-state index in [1.807, 2.05) is 43.3 Å². The van der Waals surface area contributed by atoms with Crippen LogP contribution in [0, 0.1) is 6.92 Å². The molecule has 1 amide bonds. The SMILES string of the molecule is COc1ccc(C2/C(=C(/O)c3ccc(OCc4ccccc4)c(C)c3)C(=O)C(=O)N2Cc2cccnc2)cc1OC. The maximum atomic E-state index is 13.5. The Morgan fingerprint density at radius 3 is 2.29 bits per heavy atom. The van der Waals surface area contributed by atoms with Gasteiger partial charge < -0.3 is 24.2 Å². The first-order valence-electron chi connectivity index (χ1n) is 13.1. The fourth-order valence-corrected chi connectivity index (χ4v) is 4.95. The summed E-state index contributed by atoms with van der Waals surface area (Å²) in [5.41, 5.74) is 3.53. The maximum absolute atomic E-state index is 13.5. The molecule has 1 atom stereocenters. The molecule has 0 spiro atoms. The molecular weight excluding hydrogens is 520 g/mol. The van der Waals surface area contributed by atoms with Crippen LogP contribution >= 0.6 is 0 Å². The molecule has 41 heavy (non-hydrogen) atoms. The molecule has 3 aromatic carbocycles. The number of nitrogens with zero attached hydrogens (tertiary/aromatic N) is 2. The lowest BCUT2D eigenvalue weighted by Gasteiger charge is -2.26. The van der Waals surface area contributed by atoms with Crippen LogP contribution in [0.1, 0.15) is 33.9 Å². The number of likely N-dealkylation sites (tertiary alicyclic amines) is 1. The highest BCUT2D eigenvalue weighted by molar-refractivity contribution is 6.46. The molecule has 1 aromatic heterocycles. The maximum Gasteiger partial charge on any atom is 0.295 e. The number of hydrogen-bond donors (Lipinski definition) is 1. The van der Waals surface area contributed by atoms with Crippen LogP contribution in [0.5, 0.6) is 17.2 Å². The number of amides is 1. The number of aromatic nitrogens is 1. The van der Waals surface area contributed by atoms with E-state index in [9.17, 15) is 14.7 Å². The fraction of sp³-hybridized carbons (Fsp3) is 0.182. The van der Waals surface area contributed by atoms with Crippen LogP contribution in [0.2, 0.25) is 0 Å². The number of ketones is 1. The number of hydrogen-bond acceptors (Lipinski definition) is 7. The number of rotatable bonds is 9. The molecule has 2 heterocycles. The first-order valence-corrected chi connectivity index (χ1v) is 13.1. The number of carbonyl (C=O) groups excluding carboxylic acids is 2. The van der Waals surface area contributed by atoms with Crippen molar-refractivity contribution >= 4 is 17.4 Å². The van der Waals surface area contributed by atoms with Gasteiger partial charge in [0.1, 0.15) is 18.1 Å². The van der Waals surface area contributed by atoms with Gasteiger partial charge in [-0.15, -0.1) is 0 Å². The number of methoxy groups -OCH3 is 2. The smallest absolute Gasteiger partial charge is 0.295 e. The number of carbonyl (C=O) groups is 2. The Balaban J connectivity index is 1.55. The van der Waals surface area contributed by atoms with Crippen molar-refractivity contribution < 1.29 is 28.9 Å². The first-order chi connectivity index (χ1) is 19.9. The second kappa shape index (κ2) is 12.0. The highest BCUT2D eigenvalue weighted by Crippen LogP contribution is 2.43. The lowest BCUT2D eigenvalue weighted by molar-refractivity contribution is -0.140. The summed E-state index contributed by atoms with van der Waals surface area (Å²) in [6, 6.07) is 22.9. The zero-order valence-electron chi connectivity index (χ0n) is 23.0. The van der Waals surface area contributed by atoms with Gasteiger partial charge in [-0.1, -0.05) is 42.5 Å². The van der Waals surface area contributed by atoms with Crippen LogP contribution in [0.25, 0.3) is 5.76 Å². The van der Waals surface area contributed by atoms with E-state index < -0.39 is 17.7 Å². The number of Topliss-reactive ketones (excluding diaryl/α,β-unsaturated/α-hetero) is 1. The van der Waals surface area contributed by atoms with E-state index in [1.165, 1.54) is 19.1 Å². The normalized spacial score (nSPS) is 16.1. The van der Waals surface area contributed by atoms with Gasteiger partial charge in [-0.05, 0) is 65.6 Å². The molecule has 5 rings (SSSR count). The third-order valence-corrected chi connectivity index (χ3v) is 7.02. The zero-order chi connectivity index (χ0) is 28.9. The molecule has 1 unspecified atom stereocenters. The second-order valence-corrected chi connectivity index (χ2v) is 9.66. The van der Waals surface area contributed by atoms with Gasteiger partial charge >= 0.3 is 0 Å². The average Bonchev–Trinajstić information content (AvgIpc) is 3.25. The number of aryl methyl sites for hydroxylation is 1. The Labute approximate surface area is 238 Å². The van der Waals surface area contributed by atoms with Crippen LogP contribution < -0.4 is 14.2 Å². The minimum absolute atomic E-state index is 0.0107. The standard InChI is InChI=1S/C33H30N2O6/c1-21-16-25(12-13-26(21)41-20-22-8-5-4-6-9-22)31(36)29-30(24-11-14-27(39-2)28(17-24)40-3)35(33(38)32(29)37)19-23-10-7-15-34-18-23/h4-18,30,36H,19-20H2,1-3H3/b31-29-. The van der Waals surface area contributed by atoms with E-state index in [4.69, 9.17) is 14.2 Å². The Hall–Kier alpha value is -5.11. The Morgan fingerprint density at radius 2 is 1.61 bits per heavy atom. The lowest BCUT2D eigenvalue weighted by atomic mass is 9.94. The highest BCUT2D eigenvalue weighted by atomic mass is 16.5. The Kier molecular flexibility index (Phi) is 8.01. The summed E-state index contributed by atoms with van der Waals surface area (Å²) in [7, 11) is 3.04. The molecule has 0 radical (unpaired) electrons. The van der Waals surface area contributed by atoms with Gasteiger partial charge in [-0.25, -0.2) is 0 Å². The van der Waals surface area contributed by atoms with Crippen LogP contribution in [-0.4, -0.2) is 40.9 Å². The van der Waals surface area contributed by atoms with Crippen molar-refractivity contribution in [3.05, 3.63) is 125 Å². The molecule has 0 aliphatic carbocycles. The molecule has 1 saturated heterocycles. The van der Waals surface area contributed by atoms with E-state index in [-0.39, 0.29) is 17.9 Å². The second-order valence-electron chi connectivity index (χ2n) is 9.66. The minimum Gasteiger partial charge on any atom is -0.507 e. The summed E-state index contributed by atoms with van der Waals surface area (Å²) in [5, 5.41) is 11.5. The van der Waals surface area contributed by atoms with Crippen LogP contribution in [0.15, 0.2) is 96.8 Å². The number of aliphatic hydroxyl groups excluding tert-OH is 1. The Morgan fingerprint density at radius 1 is 0.878 bits per heavy atom. The molecule has 0 saturated carbocycles. The van der Waals surface area contributed by atoms with Crippen LogP contribution in [-0.2, 0) is 22.7 Å². The molecule has 0 bridgehead atoms. The van der Waals surface area contributed by atoms with Crippen LogP contribution in [0.3, 0.4) is 0 Å². The molecule has 8 heteroatoms. The molecule has 1 aliphatic rings. The van der Waals surface area contributed by atoms with Crippen molar-refractivity contribution in [3.8, 4) is 17.2 Å². The largest absolute Gasteiger partial charge is 0.507 e. The zero-order valence-corrected chi connectivity index (χ0v) is 23.0. The van der Waals surface area contributed by atoms with Gasteiger partial charge in [-0.2, -0.15) is 0 Å². The van der Waals surface area contributed by atoms with Crippen LogP contribution in [0.4, 0.5) is 0 Å². The van der Waals surface area contributed by atoms with Crippen molar-refractivity contribution in [2.24, 2.45) is 0 Å². The molecule has 1 aliphatic heterocycles. The molecule has 8 nitrogen and oxygen atoms in total. The van der Waals surface area contributed by atoms with Gasteiger partial charge in [0.25, 0.3) is 11.7 Å². The summed E-state index contributed by atoms with van der Waals surface area (Å²) in [6.07, 6.45) is 3.28. The Bertz CT molecular complexity index is 1600. The van der Waals surface area contributed by atoms with Crippen molar-refractivity contribution in [2.75, 3.05) is 14.2 Å². The molecular formula is C33H30N2O6. The van der Waals surface area contributed by atoms with Gasteiger partial charge in [-0.3, -0.25) is 14.6 Å².